The fourth-order valence-electron chi connectivity index (χ4n) is 0.566. The maximum absolute atomic E-state index is 8.33. The average molecular weight is 348 g/mol. The Balaban J connectivity index is -0.0000000555. The summed E-state index contributed by atoms with van der Waals surface area (Å²) in [6, 6.07) is 0. The molecule has 0 aliphatic heterocycles. The molecule has 0 radical (unpaired) electrons. The van der Waals surface area contributed by atoms with Crippen molar-refractivity contribution in [2.45, 2.75) is 0 Å². The Morgan fingerprint density at radius 3 is 0.950 bits per heavy atom. The zero-order valence-corrected chi connectivity index (χ0v) is 18.4. The van der Waals surface area contributed by atoms with Gasteiger partial charge in [-0.2, -0.15) is 0 Å². The molecule has 0 bridgehead atoms. The number of hydrogen-bond donors (Lipinski definition) is 6. The van der Waals surface area contributed by atoms with Gasteiger partial charge in [0.25, 0.3) is 0 Å². The van der Waals surface area contributed by atoms with Crippen LogP contribution in [0.1, 0.15) is 0 Å². The molecule has 0 aromatic rings. The smallest absolute Gasteiger partial charge is 0.652 e. The number of nitrogens with one attached hydrogen (secondary N) is 2. The van der Waals surface area contributed by atoms with Gasteiger partial charge in [0, 0.05) is 26.2 Å². The third-order valence-corrected chi connectivity index (χ3v) is 1.15. The summed E-state index contributed by atoms with van der Waals surface area (Å²) in [5.41, 5.74) is 0. The van der Waals surface area contributed by atoms with Crippen molar-refractivity contribution >= 4 is 6.16 Å². The van der Waals surface area contributed by atoms with Crippen LogP contribution in [0.3, 0.4) is 0 Å². The van der Waals surface area contributed by atoms with Crippen LogP contribution >= 0.6 is 0 Å². The van der Waals surface area contributed by atoms with E-state index in [2.05, 4.69) is 10.6 Å². The summed E-state index contributed by atoms with van der Waals surface area (Å²) in [4.78, 5) is 8.33. The molecule has 0 aromatic carbocycles. The molecule has 11 heteroatoms. The van der Waals surface area contributed by atoms with E-state index in [1.54, 1.807) is 0 Å². The standard InChI is InChI=1S/2C4H11NO2.CH2O3.2K/c2*6-3-1-5-2-4-7;2-1(3)4;;/h2*5-7H,1-4H2;(H2,2,3,4);;/q;;;2*+1/p-2. The molecule has 0 aliphatic rings. The van der Waals surface area contributed by atoms with Crippen molar-refractivity contribution in [3.63, 3.8) is 0 Å². The van der Waals surface area contributed by atoms with Crippen molar-refractivity contribution in [1.29, 1.82) is 0 Å². The van der Waals surface area contributed by atoms with Crippen LogP contribution in [0.15, 0.2) is 0 Å². The minimum atomic E-state index is -2.33. The fourth-order valence-corrected chi connectivity index (χ4v) is 0.566. The second-order valence-electron chi connectivity index (χ2n) is 2.64. The van der Waals surface area contributed by atoms with Gasteiger partial charge >= 0.3 is 103 Å². The molecule has 0 fully saturated rings. The van der Waals surface area contributed by atoms with E-state index < -0.39 is 6.16 Å². The van der Waals surface area contributed by atoms with E-state index in [1.165, 1.54) is 0 Å². The second kappa shape index (κ2) is 37.5. The maximum Gasteiger partial charge on any atom is 1.00 e. The SMILES string of the molecule is O=C([O-])[O-].OCCNCCO.OCCNCCO.[K+].[K+]. The van der Waals surface area contributed by atoms with Crippen molar-refractivity contribution in [2.75, 3.05) is 52.6 Å². The predicted molar refractivity (Wildman–Crippen MR) is 59.5 cm³/mol. The summed E-state index contributed by atoms with van der Waals surface area (Å²) in [5.74, 6) is 0. The van der Waals surface area contributed by atoms with Gasteiger partial charge in [0.05, 0.1) is 26.4 Å². The van der Waals surface area contributed by atoms with Crippen LogP contribution in [0.25, 0.3) is 0 Å². The molecule has 0 atom stereocenters. The first-order valence-corrected chi connectivity index (χ1v) is 5.29. The quantitative estimate of drug-likeness (QED) is 0.184. The van der Waals surface area contributed by atoms with Crippen LogP contribution in [-0.4, -0.2) is 79.2 Å². The van der Waals surface area contributed by atoms with E-state index in [1.807, 2.05) is 0 Å². The molecule has 0 spiro atoms. The zero-order valence-electron chi connectivity index (χ0n) is 12.2. The van der Waals surface area contributed by atoms with Gasteiger partial charge in [0.1, 0.15) is 0 Å². The van der Waals surface area contributed by atoms with Crippen molar-refractivity contribution < 1.29 is 138 Å². The largest absolute Gasteiger partial charge is 1.00 e. The number of carboxylic acid groups (broad SMARTS) is 2. The van der Waals surface area contributed by atoms with Crippen LogP contribution < -0.4 is 124 Å². The molecule has 6 N–H and O–H groups in total. The van der Waals surface area contributed by atoms with Crippen LogP contribution in [-0.2, 0) is 0 Å². The van der Waals surface area contributed by atoms with Crippen LogP contribution in [0.4, 0.5) is 4.79 Å². The average Bonchev–Trinajstić information content (AvgIpc) is 2.31. The Morgan fingerprint density at radius 1 is 0.700 bits per heavy atom. The minimum Gasteiger partial charge on any atom is -0.652 e. The van der Waals surface area contributed by atoms with Gasteiger partial charge in [0.2, 0.25) is 0 Å². The van der Waals surface area contributed by atoms with Gasteiger partial charge in [0.15, 0.2) is 0 Å². The monoisotopic (exact) mass is 348 g/mol. The minimum absolute atomic E-state index is 0. The molecule has 0 heterocycles. The van der Waals surface area contributed by atoms with E-state index in [9.17, 15) is 0 Å². The summed E-state index contributed by atoms with van der Waals surface area (Å²) < 4.78 is 0. The zero-order chi connectivity index (χ0) is 14.6. The van der Waals surface area contributed by atoms with Crippen molar-refractivity contribution in [2.24, 2.45) is 0 Å². The molecule has 0 saturated carbocycles. The Bertz CT molecular complexity index is 136. The van der Waals surface area contributed by atoms with E-state index in [0.29, 0.717) is 26.2 Å². The normalized spacial score (nSPS) is 7.80. The number of hydrogen-bond acceptors (Lipinski definition) is 9. The Hall–Kier alpha value is 2.30. The van der Waals surface area contributed by atoms with Gasteiger partial charge in [-0.1, -0.05) is 0 Å². The number of carbonyl (C=O) groups is 1. The van der Waals surface area contributed by atoms with Gasteiger partial charge in [-0.15, -0.1) is 0 Å². The van der Waals surface area contributed by atoms with Crippen molar-refractivity contribution in [1.82, 2.24) is 10.6 Å². The molecule has 0 amide bonds. The molecule has 9 nitrogen and oxygen atoms in total. The number of carbonyl (C=O) groups excluding carboxylic acids is 1. The summed E-state index contributed by atoms with van der Waals surface area (Å²) in [5, 5.41) is 54.8. The molecule has 0 saturated heterocycles. The van der Waals surface area contributed by atoms with Crippen molar-refractivity contribution in [3.8, 4) is 0 Å². The molecular weight excluding hydrogens is 326 g/mol. The van der Waals surface area contributed by atoms with Crippen LogP contribution in [0.2, 0.25) is 0 Å². The maximum atomic E-state index is 8.33. The first kappa shape index (κ1) is 33.8. The molecule has 20 heavy (non-hydrogen) atoms. The number of aliphatic hydroxyl groups is 4. The summed E-state index contributed by atoms with van der Waals surface area (Å²) in [6.07, 6.45) is -2.33. The Morgan fingerprint density at radius 2 is 0.850 bits per heavy atom. The second-order valence-corrected chi connectivity index (χ2v) is 2.64. The number of aliphatic hydroxyl groups excluding tert-OH is 4. The molecular formula is C9H22K2N2O7. The third kappa shape index (κ3) is 71.3. The fraction of sp³-hybridized carbons (Fsp3) is 0.889. The van der Waals surface area contributed by atoms with Gasteiger partial charge in [-0.3, -0.25) is 0 Å². The Labute approximate surface area is 204 Å². The van der Waals surface area contributed by atoms with E-state index in [-0.39, 0.29) is 129 Å². The summed E-state index contributed by atoms with van der Waals surface area (Å²) in [7, 11) is 0. The van der Waals surface area contributed by atoms with E-state index >= 15 is 0 Å². The Kier molecular flexibility index (Phi) is 63.4. The summed E-state index contributed by atoms with van der Waals surface area (Å²) >= 11 is 0. The predicted octanol–water partition coefficient (Wildman–Crippen LogP) is -11.3. The number of rotatable bonds is 8. The van der Waals surface area contributed by atoms with Gasteiger partial charge in [-0.05, 0) is 6.16 Å². The van der Waals surface area contributed by atoms with Crippen LogP contribution in [0, 0.1) is 0 Å². The molecule has 0 unspecified atom stereocenters. The topological polar surface area (TPSA) is 168 Å². The first-order chi connectivity index (χ1) is 8.56. The van der Waals surface area contributed by atoms with E-state index in [4.69, 9.17) is 35.4 Å². The van der Waals surface area contributed by atoms with Gasteiger partial charge in [-0.25, -0.2) is 0 Å². The van der Waals surface area contributed by atoms with Gasteiger partial charge < -0.3 is 46.1 Å². The first-order valence-electron chi connectivity index (χ1n) is 5.29. The molecule has 112 valence electrons. The van der Waals surface area contributed by atoms with Crippen molar-refractivity contribution in [3.05, 3.63) is 0 Å². The van der Waals surface area contributed by atoms with Crippen LogP contribution in [0.5, 0.6) is 0 Å². The summed E-state index contributed by atoms with van der Waals surface area (Å²) in [6.45, 7) is 2.84. The van der Waals surface area contributed by atoms with E-state index in [0.717, 1.165) is 0 Å². The molecule has 0 aliphatic carbocycles. The molecule has 0 rings (SSSR count). The third-order valence-electron chi connectivity index (χ3n) is 1.15. The molecule has 0 aromatic heterocycles.